The van der Waals surface area contributed by atoms with E-state index in [1.165, 1.54) is 0 Å². The molecule has 0 saturated heterocycles. The van der Waals surface area contributed by atoms with Crippen molar-refractivity contribution in [3.05, 3.63) is 96.1 Å². The number of amides is 1. The standard InChI is InChI=1S/C25H29N4O/c1-17(2)20-11-9-12-21(18(3)4)23(20)29-25(30)24(22-13-6-8-15-27-22)28-16-19-10-5-7-14-26-19/h5-18,24,28H,1-4H3,(H,29,30). The highest BCUT2D eigenvalue weighted by atomic mass is 16.2. The molecule has 0 saturated carbocycles. The average Bonchev–Trinajstić information content (AvgIpc) is 2.75. The molecule has 1 unspecified atom stereocenters. The van der Waals surface area contributed by atoms with Crippen LogP contribution in [0, 0.1) is 6.54 Å². The third kappa shape index (κ3) is 5.30. The summed E-state index contributed by atoms with van der Waals surface area (Å²) in [5.41, 5.74) is 4.55. The van der Waals surface area contributed by atoms with Crippen LogP contribution in [0.2, 0.25) is 0 Å². The predicted octanol–water partition coefficient (Wildman–Crippen LogP) is 5.20. The number of nitrogens with one attached hydrogen (secondary N) is 2. The van der Waals surface area contributed by atoms with Crippen LogP contribution in [0.25, 0.3) is 0 Å². The highest BCUT2D eigenvalue weighted by Crippen LogP contribution is 2.33. The summed E-state index contributed by atoms with van der Waals surface area (Å²) in [6, 6.07) is 16.8. The number of aromatic nitrogens is 2. The van der Waals surface area contributed by atoms with E-state index < -0.39 is 6.04 Å². The first kappa shape index (κ1) is 21.7. The Morgan fingerprint density at radius 3 is 2.00 bits per heavy atom. The zero-order valence-corrected chi connectivity index (χ0v) is 18.0. The van der Waals surface area contributed by atoms with E-state index in [1.54, 1.807) is 18.9 Å². The van der Waals surface area contributed by atoms with E-state index in [1.807, 2.05) is 36.4 Å². The predicted molar refractivity (Wildman–Crippen MR) is 121 cm³/mol. The quantitative estimate of drug-likeness (QED) is 0.544. The molecule has 0 spiro atoms. The van der Waals surface area contributed by atoms with E-state index in [4.69, 9.17) is 0 Å². The normalized spacial score (nSPS) is 12.2. The maximum absolute atomic E-state index is 13.4. The lowest BCUT2D eigenvalue weighted by Gasteiger charge is -2.23. The van der Waals surface area contributed by atoms with Crippen LogP contribution >= 0.6 is 0 Å². The first-order chi connectivity index (χ1) is 14.5. The van der Waals surface area contributed by atoms with Gasteiger partial charge in [0.05, 0.1) is 17.9 Å². The minimum Gasteiger partial charge on any atom is -0.324 e. The molecule has 0 fully saturated rings. The number of carbonyl (C=O) groups excluding carboxylic acids is 1. The van der Waals surface area contributed by atoms with E-state index in [-0.39, 0.29) is 5.91 Å². The third-order valence-corrected chi connectivity index (χ3v) is 4.95. The Balaban J connectivity index is 1.90. The lowest BCUT2D eigenvalue weighted by Crippen LogP contribution is -2.33. The van der Waals surface area contributed by atoms with Gasteiger partial charge < -0.3 is 5.32 Å². The Hall–Kier alpha value is -3.05. The molecule has 5 heteroatoms. The summed E-state index contributed by atoms with van der Waals surface area (Å²) in [6.07, 6.45) is 3.41. The van der Waals surface area contributed by atoms with E-state index >= 15 is 0 Å². The average molecular weight is 402 g/mol. The van der Waals surface area contributed by atoms with Gasteiger partial charge in [-0.3, -0.25) is 20.1 Å². The number of para-hydroxylation sites is 1. The Kier molecular flexibility index (Phi) is 7.31. The smallest absolute Gasteiger partial charge is 0.247 e. The number of carbonyl (C=O) groups is 1. The Bertz CT molecular complexity index is 929. The van der Waals surface area contributed by atoms with Gasteiger partial charge in [0.25, 0.3) is 0 Å². The molecule has 1 aromatic carbocycles. The van der Waals surface area contributed by atoms with Crippen LogP contribution in [0.4, 0.5) is 5.69 Å². The monoisotopic (exact) mass is 401 g/mol. The summed E-state index contributed by atoms with van der Waals surface area (Å²) in [5, 5.41) is 6.40. The summed E-state index contributed by atoms with van der Waals surface area (Å²) >= 11 is 0. The van der Waals surface area contributed by atoms with Crippen molar-refractivity contribution >= 4 is 11.6 Å². The van der Waals surface area contributed by atoms with Gasteiger partial charge in [-0.15, -0.1) is 0 Å². The van der Waals surface area contributed by atoms with Crippen molar-refractivity contribution in [3.8, 4) is 0 Å². The Morgan fingerprint density at radius 1 is 0.833 bits per heavy atom. The van der Waals surface area contributed by atoms with Crippen LogP contribution in [0.1, 0.15) is 68.1 Å². The van der Waals surface area contributed by atoms with Gasteiger partial charge in [-0.05, 0) is 47.2 Å². The molecule has 2 heterocycles. The third-order valence-electron chi connectivity index (χ3n) is 4.95. The second kappa shape index (κ2) is 10.1. The van der Waals surface area contributed by atoms with Gasteiger partial charge >= 0.3 is 0 Å². The number of hydrogen-bond donors (Lipinski definition) is 2. The minimum absolute atomic E-state index is 0.157. The van der Waals surface area contributed by atoms with Crippen LogP contribution in [0.15, 0.2) is 67.0 Å². The minimum atomic E-state index is -0.645. The van der Waals surface area contributed by atoms with Gasteiger partial charge in [-0.25, -0.2) is 0 Å². The number of pyridine rings is 2. The summed E-state index contributed by atoms with van der Waals surface area (Å²) in [6.45, 7) is 10.3. The van der Waals surface area contributed by atoms with E-state index in [2.05, 4.69) is 66.5 Å². The molecule has 0 aliphatic heterocycles. The second-order valence-electron chi connectivity index (χ2n) is 7.86. The molecule has 155 valence electrons. The fraction of sp³-hybridized carbons (Fsp3) is 0.280. The molecule has 1 amide bonds. The lowest BCUT2D eigenvalue weighted by atomic mass is 9.92. The molecule has 30 heavy (non-hydrogen) atoms. The number of rotatable bonds is 8. The fourth-order valence-corrected chi connectivity index (χ4v) is 3.36. The van der Waals surface area contributed by atoms with Crippen LogP contribution in [-0.2, 0) is 4.79 Å². The second-order valence-corrected chi connectivity index (χ2v) is 7.86. The van der Waals surface area contributed by atoms with E-state index in [0.717, 1.165) is 22.5 Å². The largest absolute Gasteiger partial charge is 0.324 e. The molecule has 0 bridgehead atoms. The van der Waals surface area contributed by atoms with Gasteiger partial charge in [0.1, 0.15) is 6.04 Å². The molecule has 2 N–H and O–H groups in total. The van der Waals surface area contributed by atoms with Crippen LogP contribution < -0.4 is 10.6 Å². The summed E-state index contributed by atoms with van der Waals surface area (Å²) in [4.78, 5) is 22.1. The molecule has 1 radical (unpaired) electrons. The first-order valence-corrected chi connectivity index (χ1v) is 10.3. The molecule has 0 aliphatic carbocycles. The van der Waals surface area contributed by atoms with Crippen LogP contribution in [0.3, 0.4) is 0 Å². The van der Waals surface area contributed by atoms with Gasteiger partial charge in [0.2, 0.25) is 5.91 Å². The van der Waals surface area contributed by atoms with Crippen molar-refractivity contribution in [2.24, 2.45) is 0 Å². The SMILES string of the molecule is CC(C)c1cccc(C(C)C)c1NC(=O)C(N[CH]c1ccccn1)c1ccccn1. The van der Waals surface area contributed by atoms with Gasteiger partial charge in [-0.1, -0.05) is 58.0 Å². The number of benzene rings is 1. The first-order valence-electron chi connectivity index (χ1n) is 10.3. The topological polar surface area (TPSA) is 66.9 Å². The lowest BCUT2D eigenvalue weighted by molar-refractivity contribution is -0.118. The fourth-order valence-electron chi connectivity index (χ4n) is 3.36. The molecular formula is C25H29N4O. The molecule has 1 atom stereocenters. The van der Waals surface area contributed by atoms with Crippen LogP contribution in [0.5, 0.6) is 0 Å². The van der Waals surface area contributed by atoms with Crippen molar-refractivity contribution in [1.82, 2.24) is 15.3 Å². The number of anilines is 1. The highest BCUT2D eigenvalue weighted by molar-refractivity contribution is 5.97. The molecule has 3 aromatic rings. The van der Waals surface area contributed by atoms with Gasteiger partial charge in [0, 0.05) is 18.1 Å². The molecular weight excluding hydrogens is 372 g/mol. The van der Waals surface area contributed by atoms with Gasteiger partial charge in [0.15, 0.2) is 0 Å². The molecule has 5 nitrogen and oxygen atoms in total. The Labute approximate surface area is 179 Å². The highest BCUT2D eigenvalue weighted by Gasteiger charge is 2.24. The number of hydrogen-bond acceptors (Lipinski definition) is 4. The zero-order chi connectivity index (χ0) is 21.5. The maximum atomic E-state index is 13.4. The van der Waals surface area contributed by atoms with Crippen molar-refractivity contribution in [3.63, 3.8) is 0 Å². The number of nitrogens with zero attached hydrogens (tertiary/aromatic N) is 2. The molecule has 2 aromatic heterocycles. The van der Waals surface area contributed by atoms with Crippen LogP contribution in [-0.4, -0.2) is 15.9 Å². The van der Waals surface area contributed by atoms with Gasteiger partial charge in [-0.2, -0.15) is 0 Å². The molecule has 0 aliphatic rings. The summed E-state index contributed by atoms with van der Waals surface area (Å²) in [5.74, 6) is 0.427. The van der Waals surface area contributed by atoms with E-state index in [9.17, 15) is 4.79 Å². The van der Waals surface area contributed by atoms with Crippen molar-refractivity contribution in [1.29, 1.82) is 0 Å². The summed E-state index contributed by atoms with van der Waals surface area (Å²) < 4.78 is 0. The van der Waals surface area contributed by atoms with Crippen molar-refractivity contribution < 1.29 is 4.79 Å². The summed E-state index contributed by atoms with van der Waals surface area (Å²) in [7, 11) is 0. The molecule has 3 rings (SSSR count). The Morgan fingerprint density at radius 2 is 1.47 bits per heavy atom. The van der Waals surface area contributed by atoms with Crippen molar-refractivity contribution in [2.45, 2.75) is 45.6 Å². The van der Waals surface area contributed by atoms with E-state index in [0.29, 0.717) is 17.5 Å². The zero-order valence-electron chi connectivity index (χ0n) is 18.0. The van der Waals surface area contributed by atoms with Crippen molar-refractivity contribution in [2.75, 3.05) is 5.32 Å². The maximum Gasteiger partial charge on any atom is 0.247 e.